The maximum absolute atomic E-state index is 14.0. The van der Waals surface area contributed by atoms with E-state index in [1.807, 2.05) is 53.7 Å². The molecule has 2 rings (SSSR count). The molecule has 7 heteroatoms. The zero-order chi connectivity index (χ0) is 21.9. The minimum atomic E-state index is -3.92. The molecule has 166 valence electrons. The Morgan fingerprint density at radius 2 is 1.48 bits per heavy atom. The van der Waals surface area contributed by atoms with Gasteiger partial charge in [0.15, 0.2) is 6.23 Å². The lowest BCUT2D eigenvalue weighted by Gasteiger charge is -2.30. The second-order valence-electron chi connectivity index (χ2n) is 8.33. The highest BCUT2D eigenvalue weighted by Crippen LogP contribution is 2.39. The number of sulfonamides is 1. The standard InChI is InChI=1S/C22H37NO5S/c1-9-26-20-13-28-22(27-10-2)23(20)29(24,25)21-18(15(5)6)11-17(14(3)4)12-19(21)16(7)8/h11-12,14-16,20,22H,9-10,13H2,1-8H3/t20-,22+/m1/s1. The molecule has 1 heterocycles. The van der Waals surface area contributed by atoms with Gasteiger partial charge < -0.3 is 14.2 Å². The fourth-order valence-electron chi connectivity index (χ4n) is 3.59. The predicted molar refractivity (Wildman–Crippen MR) is 115 cm³/mol. The van der Waals surface area contributed by atoms with Gasteiger partial charge in [0.25, 0.3) is 0 Å². The summed E-state index contributed by atoms with van der Waals surface area (Å²) >= 11 is 0. The molecule has 0 spiro atoms. The summed E-state index contributed by atoms with van der Waals surface area (Å²) in [6.45, 7) is 16.9. The molecule has 0 aromatic heterocycles. The average molecular weight is 428 g/mol. The summed E-state index contributed by atoms with van der Waals surface area (Å²) in [5.74, 6) is 0.412. The van der Waals surface area contributed by atoms with Crippen molar-refractivity contribution in [1.29, 1.82) is 0 Å². The van der Waals surface area contributed by atoms with Gasteiger partial charge in [-0.05, 0) is 48.3 Å². The molecule has 0 saturated carbocycles. The lowest BCUT2D eigenvalue weighted by atomic mass is 9.89. The number of ether oxygens (including phenoxy) is 3. The summed E-state index contributed by atoms with van der Waals surface area (Å²) in [5.41, 5.74) is 2.81. The predicted octanol–water partition coefficient (Wildman–Crippen LogP) is 4.76. The molecule has 0 unspecified atom stereocenters. The van der Waals surface area contributed by atoms with Crippen molar-refractivity contribution in [3.63, 3.8) is 0 Å². The van der Waals surface area contributed by atoms with Crippen molar-refractivity contribution < 1.29 is 22.6 Å². The van der Waals surface area contributed by atoms with Gasteiger partial charge in [-0.1, -0.05) is 53.7 Å². The quantitative estimate of drug-likeness (QED) is 0.568. The summed E-state index contributed by atoms with van der Waals surface area (Å²) in [6, 6.07) is 4.08. The van der Waals surface area contributed by atoms with Crippen molar-refractivity contribution in [2.24, 2.45) is 0 Å². The fraction of sp³-hybridized carbons (Fsp3) is 0.727. The van der Waals surface area contributed by atoms with E-state index in [2.05, 4.69) is 13.8 Å². The first-order valence-corrected chi connectivity index (χ1v) is 12.1. The van der Waals surface area contributed by atoms with Crippen LogP contribution in [0.4, 0.5) is 0 Å². The van der Waals surface area contributed by atoms with E-state index in [-0.39, 0.29) is 18.4 Å². The van der Waals surface area contributed by atoms with Crippen LogP contribution in [-0.4, -0.2) is 45.2 Å². The second kappa shape index (κ2) is 9.88. The van der Waals surface area contributed by atoms with Crippen LogP contribution in [0.25, 0.3) is 0 Å². The van der Waals surface area contributed by atoms with Crippen molar-refractivity contribution in [3.8, 4) is 0 Å². The molecule has 29 heavy (non-hydrogen) atoms. The summed E-state index contributed by atoms with van der Waals surface area (Å²) in [6.07, 6.45) is -1.68. The van der Waals surface area contributed by atoms with Crippen LogP contribution >= 0.6 is 0 Å². The van der Waals surface area contributed by atoms with Gasteiger partial charge in [0.05, 0.1) is 11.5 Å². The molecule has 1 fully saturated rings. The highest BCUT2D eigenvalue weighted by atomic mass is 32.2. The van der Waals surface area contributed by atoms with Crippen LogP contribution in [-0.2, 0) is 24.2 Å². The van der Waals surface area contributed by atoms with Crippen LogP contribution in [0.1, 0.15) is 89.8 Å². The van der Waals surface area contributed by atoms with Gasteiger partial charge in [-0.2, -0.15) is 0 Å². The molecule has 6 nitrogen and oxygen atoms in total. The fourth-order valence-corrected chi connectivity index (χ4v) is 5.76. The number of benzene rings is 1. The molecule has 0 amide bonds. The number of rotatable bonds is 9. The minimum absolute atomic E-state index is 0.0515. The Labute approximate surface area is 176 Å². The van der Waals surface area contributed by atoms with Crippen molar-refractivity contribution in [1.82, 2.24) is 4.31 Å². The first-order chi connectivity index (χ1) is 13.6. The number of nitrogens with zero attached hydrogens (tertiary/aromatic N) is 1. The Balaban J connectivity index is 2.74. The molecule has 0 bridgehead atoms. The molecule has 0 N–H and O–H groups in total. The largest absolute Gasteiger partial charge is 0.360 e. The Hall–Kier alpha value is -0.990. The van der Waals surface area contributed by atoms with Gasteiger partial charge >= 0.3 is 0 Å². The van der Waals surface area contributed by atoms with Crippen LogP contribution in [0.5, 0.6) is 0 Å². The van der Waals surface area contributed by atoms with Gasteiger partial charge in [-0.25, -0.2) is 8.42 Å². The lowest BCUT2D eigenvalue weighted by Crippen LogP contribution is -2.45. The monoisotopic (exact) mass is 427 g/mol. The zero-order valence-electron chi connectivity index (χ0n) is 19.1. The van der Waals surface area contributed by atoms with E-state index in [9.17, 15) is 8.42 Å². The maximum atomic E-state index is 14.0. The zero-order valence-corrected chi connectivity index (χ0v) is 19.9. The van der Waals surface area contributed by atoms with E-state index < -0.39 is 22.7 Å². The molecule has 0 aliphatic carbocycles. The van der Waals surface area contributed by atoms with Crippen LogP contribution < -0.4 is 0 Å². The van der Waals surface area contributed by atoms with Crippen molar-refractivity contribution in [3.05, 3.63) is 28.8 Å². The molecule has 1 saturated heterocycles. The van der Waals surface area contributed by atoms with Crippen molar-refractivity contribution >= 4 is 10.0 Å². The van der Waals surface area contributed by atoms with Crippen LogP contribution in [0.2, 0.25) is 0 Å². The van der Waals surface area contributed by atoms with Gasteiger partial charge in [-0.15, -0.1) is 4.31 Å². The summed E-state index contributed by atoms with van der Waals surface area (Å²) in [5, 5.41) is 0. The Morgan fingerprint density at radius 1 is 0.966 bits per heavy atom. The SMILES string of the molecule is CCO[C@H]1OC[C@@H](OCC)N1S(=O)(=O)c1c(C(C)C)cc(C(C)C)cc1C(C)C. The van der Waals surface area contributed by atoms with Gasteiger partial charge in [0.1, 0.15) is 0 Å². The summed E-state index contributed by atoms with van der Waals surface area (Å²) in [7, 11) is -3.92. The molecule has 2 atom stereocenters. The Kier molecular flexibility index (Phi) is 8.27. The normalized spacial score (nSPS) is 21.1. The lowest BCUT2D eigenvalue weighted by molar-refractivity contribution is -0.154. The highest BCUT2D eigenvalue weighted by Gasteiger charge is 2.46. The molecular formula is C22H37NO5S. The van der Waals surface area contributed by atoms with Gasteiger partial charge in [0.2, 0.25) is 16.4 Å². The molecule has 1 aliphatic rings. The number of hydrogen-bond acceptors (Lipinski definition) is 5. The van der Waals surface area contributed by atoms with E-state index in [0.29, 0.717) is 24.0 Å². The molecule has 1 aromatic rings. The van der Waals surface area contributed by atoms with Crippen molar-refractivity contribution in [2.45, 2.75) is 90.7 Å². The van der Waals surface area contributed by atoms with E-state index in [1.165, 1.54) is 4.31 Å². The average Bonchev–Trinajstić information content (AvgIpc) is 3.04. The summed E-state index contributed by atoms with van der Waals surface area (Å²) in [4.78, 5) is 0.367. The van der Waals surface area contributed by atoms with Crippen molar-refractivity contribution in [2.75, 3.05) is 19.8 Å². The van der Waals surface area contributed by atoms with Gasteiger partial charge in [-0.3, -0.25) is 0 Å². The number of hydrogen-bond donors (Lipinski definition) is 0. The first kappa shape index (κ1) is 24.3. The Bertz CT molecular complexity index is 745. The first-order valence-electron chi connectivity index (χ1n) is 10.6. The minimum Gasteiger partial charge on any atom is -0.360 e. The smallest absolute Gasteiger partial charge is 0.250 e. The van der Waals surface area contributed by atoms with E-state index in [1.54, 1.807) is 0 Å². The third-order valence-corrected chi connectivity index (χ3v) is 7.11. The van der Waals surface area contributed by atoms with Crippen LogP contribution in [0.15, 0.2) is 17.0 Å². The van der Waals surface area contributed by atoms with Crippen LogP contribution in [0.3, 0.4) is 0 Å². The summed E-state index contributed by atoms with van der Waals surface area (Å²) < 4.78 is 46.3. The second-order valence-corrected chi connectivity index (χ2v) is 10.1. The molecule has 0 radical (unpaired) electrons. The molecule has 1 aliphatic heterocycles. The molecular weight excluding hydrogens is 390 g/mol. The molecule has 1 aromatic carbocycles. The van der Waals surface area contributed by atoms with E-state index >= 15 is 0 Å². The van der Waals surface area contributed by atoms with E-state index in [4.69, 9.17) is 14.2 Å². The van der Waals surface area contributed by atoms with Crippen LogP contribution in [0, 0.1) is 0 Å². The maximum Gasteiger partial charge on any atom is 0.250 e. The van der Waals surface area contributed by atoms with Gasteiger partial charge in [0, 0.05) is 13.2 Å². The van der Waals surface area contributed by atoms with E-state index in [0.717, 1.165) is 16.7 Å². The third kappa shape index (κ3) is 5.02. The Morgan fingerprint density at radius 3 is 1.90 bits per heavy atom. The topological polar surface area (TPSA) is 65.1 Å². The highest BCUT2D eigenvalue weighted by molar-refractivity contribution is 7.89. The third-order valence-electron chi connectivity index (χ3n) is 5.16.